The van der Waals surface area contributed by atoms with E-state index in [1.165, 1.54) is 0 Å². The van der Waals surface area contributed by atoms with E-state index in [1.807, 2.05) is 0 Å². The number of hydrogen-bond donors (Lipinski definition) is 1. The largest absolute Gasteiger partial charge is 0.464 e. The summed E-state index contributed by atoms with van der Waals surface area (Å²) in [5.74, 6) is 0.941. The van der Waals surface area contributed by atoms with E-state index >= 15 is 0 Å². The van der Waals surface area contributed by atoms with Crippen molar-refractivity contribution in [2.24, 2.45) is 0 Å². The van der Waals surface area contributed by atoms with E-state index in [1.54, 1.807) is 0 Å². The van der Waals surface area contributed by atoms with Gasteiger partial charge in [0, 0.05) is 26.2 Å². The lowest BCUT2D eigenvalue weighted by atomic mass is 10.2. The molecule has 0 saturated carbocycles. The Morgan fingerprint density at radius 2 is 2.23 bits per heavy atom. The van der Waals surface area contributed by atoms with Crippen molar-refractivity contribution in [2.75, 3.05) is 51.0 Å². The zero-order valence-electron chi connectivity index (χ0n) is 12.3. The Balaban J connectivity index is 1.44. The number of morpholine rings is 1. The molecular formula is C13H20N4O4S. The molecule has 0 bridgehead atoms. The third kappa shape index (κ3) is 4.05. The van der Waals surface area contributed by atoms with Crippen LogP contribution in [0.5, 0.6) is 5.88 Å². The van der Waals surface area contributed by atoms with Gasteiger partial charge in [-0.2, -0.15) is 4.37 Å². The second-order valence-corrected chi connectivity index (χ2v) is 5.75. The van der Waals surface area contributed by atoms with Gasteiger partial charge in [0.25, 0.3) is 11.8 Å². The fourth-order valence-electron chi connectivity index (χ4n) is 2.45. The first-order valence-electron chi connectivity index (χ1n) is 7.49. The fraction of sp³-hybridized carbons (Fsp3) is 0.769. The third-order valence-electron chi connectivity index (χ3n) is 3.64. The summed E-state index contributed by atoms with van der Waals surface area (Å²) in [6, 6.07) is 0. The lowest BCUT2D eigenvalue weighted by Gasteiger charge is -2.26. The molecule has 1 aromatic heterocycles. The van der Waals surface area contributed by atoms with Crippen LogP contribution in [0.2, 0.25) is 0 Å². The molecule has 3 heterocycles. The van der Waals surface area contributed by atoms with Gasteiger partial charge in [-0.3, -0.25) is 4.79 Å². The van der Waals surface area contributed by atoms with Crippen LogP contribution in [0.1, 0.15) is 12.8 Å². The monoisotopic (exact) mass is 328 g/mol. The highest BCUT2D eigenvalue weighted by molar-refractivity contribution is 6.99. The predicted octanol–water partition coefficient (Wildman–Crippen LogP) is 0.0487. The van der Waals surface area contributed by atoms with Gasteiger partial charge in [-0.1, -0.05) is 0 Å². The van der Waals surface area contributed by atoms with Gasteiger partial charge in [-0.15, -0.1) is 4.37 Å². The minimum atomic E-state index is -0.170. The molecule has 2 fully saturated rings. The SMILES string of the molecule is O=C(COc1nsnc1N1CCOCC1)NCC1CCCO1. The first kappa shape index (κ1) is 15.4. The van der Waals surface area contributed by atoms with Gasteiger partial charge in [0.2, 0.25) is 5.82 Å². The molecule has 2 aliphatic heterocycles. The van der Waals surface area contributed by atoms with E-state index in [9.17, 15) is 4.79 Å². The number of amides is 1. The minimum absolute atomic E-state index is 0.0600. The average Bonchev–Trinajstić information content (AvgIpc) is 3.23. The average molecular weight is 328 g/mol. The quantitative estimate of drug-likeness (QED) is 0.789. The van der Waals surface area contributed by atoms with E-state index < -0.39 is 0 Å². The fourth-order valence-corrected chi connectivity index (χ4v) is 2.97. The van der Waals surface area contributed by atoms with Gasteiger partial charge in [0.1, 0.15) is 0 Å². The van der Waals surface area contributed by atoms with Crippen LogP contribution >= 0.6 is 11.7 Å². The van der Waals surface area contributed by atoms with Crippen LogP contribution in [0.3, 0.4) is 0 Å². The highest BCUT2D eigenvalue weighted by atomic mass is 32.1. The number of anilines is 1. The summed E-state index contributed by atoms with van der Waals surface area (Å²) in [5.41, 5.74) is 0. The van der Waals surface area contributed by atoms with Crippen LogP contribution in [-0.4, -0.2) is 66.8 Å². The van der Waals surface area contributed by atoms with Crippen molar-refractivity contribution in [3.05, 3.63) is 0 Å². The maximum atomic E-state index is 11.8. The van der Waals surface area contributed by atoms with Crippen molar-refractivity contribution in [1.29, 1.82) is 0 Å². The molecule has 3 rings (SSSR count). The molecule has 1 atom stereocenters. The predicted molar refractivity (Wildman–Crippen MR) is 80.4 cm³/mol. The van der Waals surface area contributed by atoms with Crippen molar-refractivity contribution in [1.82, 2.24) is 14.1 Å². The molecule has 0 aliphatic carbocycles. The Bertz CT molecular complexity index is 486. The van der Waals surface area contributed by atoms with Gasteiger partial charge < -0.3 is 24.4 Å². The molecule has 22 heavy (non-hydrogen) atoms. The van der Waals surface area contributed by atoms with Gasteiger partial charge in [0.15, 0.2) is 6.61 Å². The number of carbonyl (C=O) groups excluding carboxylic acids is 1. The summed E-state index contributed by atoms with van der Waals surface area (Å²) < 4.78 is 24.7. The first-order valence-corrected chi connectivity index (χ1v) is 8.22. The van der Waals surface area contributed by atoms with Gasteiger partial charge in [0.05, 0.1) is 31.0 Å². The summed E-state index contributed by atoms with van der Waals surface area (Å²) >= 11 is 1.09. The molecule has 9 heteroatoms. The molecule has 122 valence electrons. The van der Waals surface area contributed by atoms with Crippen LogP contribution in [0.25, 0.3) is 0 Å². The molecular weight excluding hydrogens is 308 g/mol. The first-order chi connectivity index (χ1) is 10.8. The standard InChI is InChI=1S/C13H20N4O4S/c18-11(14-8-10-2-1-5-20-10)9-21-13-12(15-22-16-13)17-3-6-19-7-4-17/h10H,1-9H2,(H,14,18). The van der Waals surface area contributed by atoms with Crippen LogP contribution in [0.4, 0.5) is 5.82 Å². The van der Waals surface area contributed by atoms with E-state index in [0.29, 0.717) is 31.5 Å². The zero-order chi connectivity index (χ0) is 15.2. The summed E-state index contributed by atoms with van der Waals surface area (Å²) in [6.45, 7) is 4.10. The summed E-state index contributed by atoms with van der Waals surface area (Å²) in [6.07, 6.45) is 2.19. The molecule has 8 nitrogen and oxygen atoms in total. The van der Waals surface area contributed by atoms with Crippen molar-refractivity contribution >= 4 is 23.5 Å². The number of ether oxygens (including phenoxy) is 3. The van der Waals surface area contributed by atoms with Crippen LogP contribution in [0, 0.1) is 0 Å². The Hall–Kier alpha value is -1.45. The number of rotatable bonds is 6. The van der Waals surface area contributed by atoms with Crippen LogP contribution in [-0.2, 0) is 14.3 Å². The second kappa shape index (κ2) is 7.70. The number of nitrogens with zero attached hydrogens (tertiary/aromatic N) is 3. The second-order valence-electron chi connectivity index (χ2n) is 5.22. The molecule has 1 unspecified atom stereocenters. The molecule has 0 spiro atoms. The zero-order valence-corrected chi connectivity index (χ0v) is 13.1. The van der Waals surface area contributed by atoms with Crippen molar-refractivity contribution in [2.45, 2.75) is 18.9 Å². The van der Waals surface area contributed by atoms with E-state index in [0.717, 1.165) is 44.3 Å². The van der Waals surface area contributed by atoms with Gasteiger partial charge in [-0.05, 0) is 12.8 Å². The number of aromatic nitrogens is 2. The molecule has 1 amide bonds. The maximum absolute atomic E-state index is 11.8. The van der Waals surface area contributed by atoms with Crippen LogP contribution in [0.15, 0.2) is 0 Å². The summed E-state index contributed by atoms with van der Waals surface area (Å²) in [4.78, 5) is 13.9. The summed E-state index contributed by atoms with van der Waals surface area (Å²) in [5, 5.41) is 2.82. The minimum Gasteiger partial charge on any atom is -0.464 e. The lowest BCUT2D eigenvalue weighted by Crippen LogP contribution is -2.37. The van der Waals surface area contributed by atoms with Crippen molar-refractivity contribution in [3.8, 4) is 5.88 Å². The van der Waals surface area contributed by atoms with Gasteiger partial charge in [-0.25, -0.2) is 0 Å². The number of nitrogens with one attached hydrogen (secondary N) is 1. The molecule has 0 aromatic carbocycles. The Kier molecular flexibility index (Phi) is 5.41. The number of hydrogen-bond acceptors (Lipinski definition) is 8. The van der Waals surface area contributed by atoms with Gasteiger partial charge >= 0.3 is 0 Å². The molecule has 2 saturated heterocycles. The Morgan fingerprint density at radius 1 is 1.36 bits per heavy atom. The smallest absolute Gasteiger partial charge is 0.271 e. The van der Waals surface area contributed by atoms with Crippen molar-refractivity contribution < 1.29 is 19.0 Å². The molecule has 1 aromatic rings. The molecule has 2 aliphatic rings. The van der Waals surface area contributed by atoms with E-state index in [-0.39, 0.29) is 18.6 Å². The highest BCUT2D eigenvalue weighted by Gasteiger charge is 2.21. The summed E-state index contributed by atoms with van der Waals surface area (Å²) in [7, 11) is 0. The van der Waals surface area contributed by atoms with E-state index in [4.69, 9.17) is 14.2 Å². The highest BCUT2D eigenvalue weighted by Crippen LogP contribution is 2.26. The topological polar surface area (TPSA) is 85.8 Å². The van der Waals surface area contributed by atoms with E-state index in [2.05, 4.69) is 19.0 Å². The number of carbonyl (C=O) groups is 1. The molecule has 1 N–H and O–H groups in total. The maximum Gasteiger partial charge on any atom is 0.271 e. The molecule has 0 radical (unpaired) electrons. The Morgan fingerprint density at radius 3 is 3.00 bits per heavy atom. The van der Waals surface area contributed by atoms with Crippen molar-refractivity contribution in [3.63, 3.8) is 0 Å². The third-order valence-corrected chi connectivity index (χ3v) is 4.15. The normalized spacial score (nSPS) is 21.8. The van der Waals surface area contributed by atoms with Crippen LogP contribution < -0.4 is 15.0 Å². The Labute approximate surface area is 133 Å². The lowest BCUT2D eigenvalue weighted by molar-refractivity contribution is -0.123.